The molecule has 1 aliphatic rings. The zero-order valence-electron chi connectivity index (χ0n) is 22.9. The van der Waals surface area contributed by atoms with Crippen LogP contribution in [-0.4, -0.2) is 111 Å². The monoisotopic (exact) mass is 670 g/mol. The Bertz CT molecular complexity index is 747. The Hall–Kier alpha value is -0.241. The van der Waals surface area contributed by atoms with Crippen molar-refractivity contribution in [2.75, 3.05) is 58.9 Å². The van der Waals surface area contributed by atoms with Gasteiger partial charge in [0, 0.05) is 58.9 Å². The average molecular weight is 671 g/mol. The minimum absolute atomic E-state index is 0. The maximum absolute atomic E-state index is 10.7. The zero-order valence-corrected chi connectivity index (χ0v) is 25.6. The van der Waals surface area contributed by atoms with Gasteiger partial charge >= 0.3 is 28.1 Å². The van der Waals surface area contributed by atoms with Gasteiger partial charge in [0.1, 0.15) is 0 Å². The molecule has 1 radical (unpaired) electrons. The second-order valence-corrected chi connectivity index (χ2v) is 12.6. The van der Waals surface area contributed by atoms with Crippen LogP contribution in [0.25, 0.3) is 0 Å². The summed E-state index contributed by atoms with van der Waals surface area (Å²) in [6, 6.07) is 0. The third kappa shape index (κ3) is 24.1. The fourth-order valence-electron chi connectivity index (χ4n) is 3.28. The smallest absolute Gasteiger partial charge is 0.741 e. The summed E-state index contributed by atoms with van der Waals surface area (Å²) in [6.45, 7) is 25.2. The second-order valence-electron chi connectivity index (χ2n) is 9.88. The summed E-state index contributed by atoms with van der Waals surface area (Å²) in [5, 5.41) is 0. The summed E-state index contributed by atoms with van der Waals surface area (Å²) >= 11 is 0. The summed E-state index contributed by atoms with van der Waals surface area (Å²) in [5.74, 6) is 2.30. The number of nitrogens with zero attached hydrogens (tertiary/aromatic N) is 3. The van der Waals surface area contributed by atoms with Gasteiger partial charge in [-0.25, -0.2) is 16.8 Å². The van der Waals surface area contributed by atoms with Crippen molar-refractivity contribution >= 4 is 20.2 Å². The Morgan fingerprint density at radius 2 is 0.692 bits per heavy atom. The van der Waals surface area contributed by atoms with E-state index in [1.54, 1.807) is 0 Å². The molecule has 0 amide bonds. The van der Waals surface area contributed by atoms with E-state index in [0.717, 1.165) is 17.8 Å². The number of hydrogen-bond acceptors (Lipinski definition) is 9. The zero-order chi connectivity index (χ0) is 29.8. The van der Waals surface area contributed by atoms with E-state index in [1.165, 1.54) is 58.9 Å². The van der Waals surface area contributed by atoms with E-state index in [9.17, 15) is 26.3 Å². The van der Waals surface area contributed by atoms with Crippen molar-refractivity contribution in [3.8, 4) is 0 Å². The van der Waals surface area contributed by atoms with Gasteiger partial charge < -0.3 is 29.3 Å². The fraction of sp³-hybridized carbons (Fsp3) is 1.00. The molecule has 0 aromatic rings. The van der Waals surface area contributed by atoms with Crippen LogP contribution in [0.3, 0.4) is 0 Å². The summed E-state index contributed by atoms with van der Waals surface area (Å²) < 4.78 is 118. The molecule has 0 aromatic carbocycles. The summed E-state index contributed by atoms with van der Waals surface area (Å²) in [4.78, 5) is 8.03. The van der Waals surface area contributed by atoms with Crippen LogP contribution in [-0.2, 0) is 42.8 Å². The van der Waals surface area contributed by atoms with Crippen LogP contribution in [0.15, 0.2) is 0 Å². The first-order chi connectivity index (χ1) is 16.4. The van der Waals surface area contributed by atoms with E-state index < -0.39 is 31.3 Å². The van der Waals surface area contributed by atoms with Gasteiger partial charge in [-0.15, -0.1) is 0 Å². The first kappa shape index (κ1) is 45.7. The maximum Gasteiger partial charge on any atom is 5.00 e. The van der Waals surface area contributed by atoms with Crippen molar-refractivity contribution < 1.29 is 74.8 Å². The molecule has 0 aromatic heterocycles. The molecule has 1 saturated heterocycles. The van der Waals surface area contributed by atoms with Gasteiger partial charge in [-0.1, -0.05) is 41.5 Å². The van der Waals surface area contributed by atoms with E-state index >= 15 is 0 Å². The molecule has 0 bridgehead atoms. The van der Waals surface area contributed by atoms with Crippen LogP contribution < -0.4 is 0 Å². The number of halogens is 6. The standard InChI is InChI=1S/C18H39N3.2CHF3O3S.Fe.H2O/c1-16(2)13-19-7-9-20(14-17(3)4)11-12-21(10-8-19)15-18(5)6;2*2-1(3,4)8(5,6)7;;/h16-18H,7-15H2,1-6H3;2*(H,5,6,7);;1H2/q;;;+5;/p-1. The Balaban J connectivity index is -0.000000283. The molecule has 237 valence electrons. The molecule has 19 heteroatoms. The Morgan fingerprint density at radius 3 is 0.769 bits per heavy atom. The fourth-order valence-corrected chi connectivity index (χ4v) is 3.28. The largest absolute Gasteiger partial charge is 5.00 e. The van der Waals surface area contributed by atoms with Gasteiger partial charge in [0.15, 0.2) is 20.2 Å². The minimum Gasteiger partial charge on any atom is -0.741 e. The minimum atomic E-state index is -6.09. The molecule has 0 aliphatic carbocycles. The predicted octanol–water partition coefficient (Wildman–Crippen LogP) is 2.05. The van der Waals surface area contributed by atoms with E-state index in [4.69, 9.17) is 25.9 Å². The molecule has 1 fully saturated rings. The van der Waals surface area contributed by atoms with Crippen LogP contribution >= 0.6 is 0 Å². The predicted molar refractivity (Wildman–Crippen MR) is 130 cm³/mol. The molecule has 10 nitrogen and oxygen atoms in total. The van der Waals surface area contributed by atoms with Crippen molar-refractivity contribution in [2.24, 2.45) is 17.8 Å². The molecule has 1 rings (SSSR count). The first-order valence-electron chi connectivity index (χ1n) is 11.6. The molecule has 3 N–H and O–H groups in total. The van der Waals surface area contributed by atoms with Crippen LogP contribution in [0.1, 0.15) is 41.5 Å². The van der Waals surface area contributed by atoms with Crippen LogP contribution in [0, 0.1) is 17.8 Å². The number of alkyl halides is 6. The number of rotatable bonds is 6. The number of hydrogen-bond donors (Lipinski definition) is 0. The quantitative estimate of drug-likeness (QED) is 0.136. The van der Waals surface area contributed by atoms with Crippen LogP contribution in [0.4, 0.5) is 26.3 Å². The van der Waals surface area contributed by atoms with E-state index in [2.05, 4.69) is 56.2 Å². The average Bonchev–Trinajstić information content (AvgIpc) is 2.71. The molecule has 39 heavy (non-hydrogen) atoms. The third-order valence-corrected chi connectivity index (χ3v) is 5.77. The molecule has 0 spiro atoms. The molecular weight excluding hydrogens is 628 g/mol. The Kier molecular flexibility index (Phi) is 23.2. The molecule has 1 aliphatic heterocycles. The van der Waals surface area contributed by atoms with Crippen molar-refractivity contribution in [3.63, 3.8) is 0 Å². The van der Waals surface area contributed by atoms with Gasteiger partial charge in [0.05, 0.1) is 0 Å². The van der Waals surface area contributed by atoms with Gasteiger partial charge in [-0.3, -0.25) is 0 Å². The topological polar surface area (TPSA) is 157 Å². The molecule has 0 saturated carbocycles. The van der Waals surface area contributed by atoms with Crippen molar-refractivity contribution in [1.29, 1.82) is 0 Å². The Morgan fingerprint density at radius 1 is 0.564 bits per heavy atom. The van der Waals surface area contributed by atoms with Crippen LogP contribution in [0.5, 0.6) is 0 Å². The SMILES string of the molecule is CC(C)CN1CCN(CC(C)C)CCN(CC(C)C)CC1.O=S(=O)([O-])C(F)(F)F.O=S(=O)([O-])C(F)(F)F.[Fe+5].[OH3+]. The van der Waals surface area contributed by atoms with Crippen molar-refractivity contribution in [2.45, 2.75) is 52.6 Å². The van der Waals surface area contributed by atoms with Gasteiger partial charge in [0.25, 0.3) is 0 Å². The maximum atomic E-state index is 10.7. The molecular formula is C20H42F6FeN3O7S2+4. The van der Waals surface area contributed by atoms with E-state index in [-0.39, 0.29) is 22.5 Å². The molecule has 0 atom stereocenters. The van der Waals surface area contributed by atoms with Crippen LogP contribution in [0.2, 0.25) is 0 Å². The Labute approximate surface area is 238 Å². The van der Waals surface area contributed by atoms with E-state index in [0.29, 0.717) is 0 Å². The summed E-state index contributed by atoms with van der Waals surface area (Å²) in [6.07, 6.45) is 0. The first-order valence-corrected chi connectivity index (χ1v) is 14.4. The van der Waals surface area contributed by atoms with Crippen molar-refractivity contribution in [1.82, 2.24) is 14.7 Å². The van der Waals surface area contributed by atoms with Gasteiger partial charge in [-0.2, -0.15) is 26.3 Å². The summed E-state index contributed by atoms with van der Waals surface area (Å²) in [7, 11) is -12.2. The van der Waals surface area contributed by atoms with Gasteiger partial charge in [-0.05, 0) is 17.8 Å². The van der Waals surface area contributed by atoms with Crippen molar-refractivity contribution in [3.05, 3.63) is 0 Å². The van der Waals surface area contributed by atoms with E-state index in [1.807, 2.05) is 0 Å². The normalized spacial score (nSPS) is 17.1. The van der Waals surface area contributed by atoms with Gasteiger partial charge in [0.2, 0.25) is 0 Å². The molecule has 1 heterocycles. The second kappa shape index (κ2) is 19.8. The third-order valence-electron chi connectivity index (χ3n) is 4.63. The molecule has 0 unspecified atom stereocenters. The summed E-state index contributed by atoms with van der Waals surface area (Å²) in [5.41, 5.74) is -11.3.